The van der Waals surface area contributed by atoms with Gasteiger partial charge in [0.1, 0.15) is 5.75 Å². The van der Waals surface area contributed by atoms with Gasteiger partial charge in [-0.2, -0.15) is 0 Å². The molecule has 0 spiro atoms. The van der Waals surface area contributed by atoms with Crippen LogP contribution in [0.5, 0.6) is 5.75 Å². The maximum atomic E-state index is 10.6. The molecule has 2 aliphatic rings. The zero-order valence-corrected chi connectivity index (χ0v) is 20.0. The van der Waals surface area contributed by atoms with Crippen molar-refractivity contribution in [3.05, 3.63) is 29.3 Å². The molecule has 1 aromatic rings. The quantitative estimate of drug-likeness (QED) is 0.280. The zero-order chi connectivity index (χ0) is 19.8. The van der Waals surface area contributed by atoms with E-state index in [2.05, 4.69) is 35.8 Å². The van der Waals surface area contributed by atoms with Crippen LogP contribution in [-0.2, 0) is 11.3 Å². The Hall–Kier alpha value is -1.06. The molecular formula is C22H36IN3O3. The van der Waals surface area contributed by atoms with Gasteiger partial charge in [0.15, 0.2) is 5.96 Å². The highest BCUT2D eigenvalue weighted by atomic mass is 127. The number of hydrogen-bond acceptors (Lipinski definition) is 4. The van der Waals surface area contributed by atoms with Crippen LogP contribution >= 0.6 is 24.0 Å². The van der Waals surface area contributed by atoms with E-state index in [0.29, 0.717) is 25.6 Å². The van der Waals surface area contributed by atoms with E-state index in [1.54, 1.807) is 0 Å². The first-order valence-electron chi connectivity index (χ1n) is 10.6. The third-order valence-electron chi connectivity index (χ3n) is 5.59. The molecule has 1 saturated heterocycles. The standard InChI is InChI=1S/C22H35N3O3.HI/c1-3-23-21(25-16-22(26)9-4-5-10-22)24-13-19-7-6-17(2)12-20(19)28-15-18-8-11-27-14-18;/h6-7,12,18,26H,3-5,8-11,13-16H2,1-2H3,(H2,23,24,25);1H. The fourth-order valence-corrected chi connectivity index (χ4v) is 3.81. The molecule has 7 heteroatoms. The van der Waals surface area contributed by atoms with Gasteiger partial charge in [0.2, 0.25) is 0 Å². The Balaban J connectivity index is 0.00000300. The maximum Gasteiger partial charge on any atom is 0.191 e. The highest BCUT2D eigenvalue weighted by molar-refractivity contribution is 14.0. The number of aliphatic hydroxyl groups is 1. The third-order valence-corrected chi connectivity index (χ3v) is 5.59. The van der Waals surface area contributed by atoms with Crippen molar-refractivity contribution in [1.29, 1.82) is 0 Å². The van der Waals surface area contributed by atoms with Gasteiger partial charge in [0.05, 0.1) is 25.4 Å². The maximum absolute atomic E-state index is 10.6. The summed E-state index contributed by atoms with van der Waals surface area (Å²) in [6.45, 7) is 8.29. The Morgan fingerprint density at radius 3 is 2.79 bits per heavy atom. The van der Waals surface area contributed by atoms with Crippen molar-refractivity contribution < 1.29 is 14.6 Å². The number of rotatable bonds is 8. The predicted octanol–water partition coefficient (Wildman–Crippen LogP) is 3.39. The lowest BCUT2D eigenvalue weighted by molar-refractivity contribution is 0.0522. The van der Waals surface area contributed by atoms with Gasteiger partial charge in [-0.05, 0) is 44.7 Å². The van der Waals surface area contributed by atoms with E-state index in [1.165, 1.54) is 5.56 Å². The van der Waals surface area contributed by atoms with Crippen LogP contribution in [-0.4, -0.2) is 49.6 Å². The summed E-state index contributed by atoms with van der Waals surface area (Å²) in [6.07, 6.45) is 4.99. The van der Waals surface area contributed by atoms with Crippen molar-refractivity contribution in [2.75, 3.05) is 32.9 Å². The molecule has 0 amide bonds. The lowest BCUT2D eigenvalue weighted by Crippen LogP contribution is -2.46. The van der Waals surface area contributed by atoms with Gasteiger partial charge in [0, 0.05) is 31.2 Å². The van der Waals surface area contributed by atoms with Crippen molar-refractivity contribution in [3.63, 3.8) is 0 Å². The van der Waals surface area contributed by atoms with Gasteiger partial charge >= 0.3 is 0 Å². The largest absolute Gasteiger partial charge is 0.493 e. The monoisotopic (exact) mass is 517 g/mol. The molecular weight excluding hydrogens is 481 g/mol. The molecule has 3 rings (SSSR count). The minimum absolute atomic E-state index is 0. The van der Waals surface area contributed by atoms with Crippen LogP contribution in [0.1, 0.15) is 50.2 Å². The summed E-state index contributed by atoms with van der Waals surface area (Å²) in [6, 6.07) is 6.27. The first-order valence-corrected chi connectivity index (χ1v) is 10.6. The number of hydrogen-bond donors (Lipinski definition) is 3. The van der Waals surface area contributed by atoms with Gasteiger partial charge in [-0.25, -0.2) is 4.99 Å². The first-order chi connectivity index (χ1) is 13.6. The number of benzene rings is 1. The van der Waals surface area contributed by atoms with Crippen molar-refractivity contribution in [2.45, 2.75) is 58.1 Å². The number of ether oxygens (including phenoxy) is 2. The smallest absolute Gasteiger partial charge is 0.191 e. The summed E-state index contributed by atoms with van der Waals surface area (Å²) in [5, 5.41) is 17.2. The predicted molar refractivity (Wildman–Crippen MR) is 127 cm³/mol. The summed E-state index contributed by atoms with van der Waals surface area (Å²) < 4.78 is 11.6. The lowest BCUT2D eigenvalue weighted by Gasteiger charge is -2.24. The van der Waals surface area contributed by atoms with Crippen molar-refractivity contribution >= 4 is 29.9 Å². The fourth-order valence-electron chi connectivity index (χ4n) is 3.81. The minimum atomic E-state index is -0.600. The third kappa shape index (κ3) is 7.61. The number of guanidine groups is 1. The molecule has 29 heavy (non-hydrogen) atoms. The second kappa shape index (κ2) is 12.0. The van der Waals surface area contributed by atoms with Gasteiger partial charge in [0.25, 0.3) is 0 Å². The highest BCUT2D eigenvalue weighted by Gasteiger charge is 2.31. The molecule has 1 aliphatic carbocycles. The van der Waals surface area contributed by atoms with E-state index >= 15 is 0 Å². The summed E-state index contributed by atoms with van der Waals surface area (Å²) in [4.78, 5) is 4.72. The molecule has 0 bridgehead atoms. The van der Waals surface area contributed by atoms with Gasteiger partial charge in [-0.1, -0.05) is 25.0 Å². The summed E-state index contributed by atoms with van der Waals surface area (Å²) in [5.74, 6) is 2.11. The number of halogens is 1. The van der Waals surface area contributed by atoms with Crippen LogP contribution < -0.4 is 15.4 Å². The van der Waals surface area contributed by atoms with Gasteiger partial charge in [-0.15, -0.1) is 24.0 Å². The van der Waals surface area contributed by atoms with Crippen LogP contribution in [0.3, 0.4) is 0 Å². The molecule has 0 radical (unpaired) electrons. The molecule has 164 valence electrons. The van der Waals surface area contributed by atoms with E-state index in [1.807, 2.05) is 6.92 Å². The molecule has 1 aliphatic heterocycles. The van der Waals surface area contributed by atoms with Crippen molar-refractivity contribution in [3.8, 4) is 5.75 Å². The minimum Gasteiger partial charge on any atom is -0.493 e. The molecule has 0 aromatic heterocycles. The van der Waals surface area contributed by atoms with Gasteiger partial charge in [-0.3, -0.25) is 0 Å². The average Bonchev–Trinajstić information content (AvgIpc) is 3.35. The fraction of sp³-hybridized carbons (Fsp3) is 0.682. The summed E-state index contributed by atoms with van der Waals surface area (Å²) in [7, 11) is 0. The van der Waals surface area contributed by atoms with E-state index in [9.17, 15) is 5.11 Å². The Bertz CT molecular complexity index is 657. The van der Waals surface area contributed by atoms with E-state index < -0.39 is 5.60 Å². The second-order valence-electron chi connectivity index (χ2n) is 8.13. The molecule has 1 heterocycles. The van der Waals surface area contributed by atoms with E-state index in [4.69, 9.17) is 14.5 Å². The van der Waals surface area contributed by atoms with Crippen LogP contribution in [0.2, 0.25) is 0 Å². The topological polar surface area (TPSA) is 75.1 Å². The molecule has 3 N–H and O–H groups in total. The Labute approximate surface area is 191 Å². The first kappa shape index (κ1) is 24.2. The number of aryl methyl sites for hydroxylation is 1. The molecule has 1 saturated carbocycles. The number of nitrogens with zero attached hydrogens (tertiary/aromatic N) is 1. The highest BCUT2D eigenvalue weighted by Crippen LogP contribution is 2.28. The van der Waals surface area contributed by atoms with E-state index in [-0.39, 0.29) is 24.0 Å². The molecule has 1 atom stereocenters. The number of aliphatic imine (C=N–C) groups is 1. The summed E-state index contributed by atoms with van der Waals surface area (Å²) in [5.41, 5.74) is 1.65. The zero-order valence-electron chi connectivity index (χ0n) is 17.7. The number of nitrogens with one attached hydrogen (secondary N) is 2. The van der Waals surface area contributed by atoms with Crippen LogP contribution in [0, 0.1) is 12.8 Å². The lowest BCUT2D eigenvalue weighted by atomic mass is 10.0. The molecule has 1 unspecified atom stereocenters. The van der Waals surface area contributed by atoms with Crippen LogP contribution in [0.4, 0.5) is 0 Å². The average molecular weight is 517 g/mol. The van der Waals surface area contributed by atoms with Crippen LogP contribution in [0.15, 0.2) is 23.2 Å². The molecule has 6 nitrogen and oxygen atoms in total. The summed E-state index contributed by atoms with van der Waals surface area (Å²) >= 11 is 0. The Morgan fingerprint density at radius 1 is 1.31 bits per heavy atom. The van der Waals surface area contributed by atoms with Gasteiger partial charge < -0.3 is 25.2 Å². The van der Waals surface area contributed by atoms with Crippen molar-refractivity contribution in [2.24, 2.45) is 10.9 Å². The van der Waals surface area contributed by atoms with Crippen molar-refractivity contribution in [1.82, 2.24) is 10.6 Å². The second-order valence-corrected chi connectivity index (χ2v) is 8.13. The molecule has 1 aromatic carbocycles. The van der Waals surface area contributed by atoms with E-state index in [0.717, 1.165) is 69.1 Å². The molecule has 2 fully saturated rings. The SMILES string of the molecule is CCNC(=NCc1ccc(C)cc1OCC1CCOC1)NCC1(O)CCCC1.I. The van der Waals surface area contributed by atoms with Crippen LogP contribution in [0.25, 0.3) is 0 Å². The Morgan fingerprint density at radius 2 is 2.10 bits per heavy atom. The normalized spacial score (nSPS) is 20.9. The Kier molecular flexibility index (Phi) is 9.98.